The quantitative estimate of drug-likeness (QED) is 0.773. The Morgan fingerprint density at radius 3 is 2.29 bits per heavy atom. The predicted molar refractivity (Wildman–Crippen MR) is 74.3 cm³/mol. The minimum absolute atomic E-state index is 0. The van der Waals surface area contributed by atoms with Crippen molar-refractivity contribution in [2.45, 2.75) is 58.9 Å². The molecular weight excluding hydrogens is 236 g/mol. The molecule has 1 saturated carbocycles. The summed E-state index contributed by atoms with van der Waals surface area (Å²) >= 11 is 0. The van der Waals surface area contributed by atoms with Crippen molar-refractivity contribution in [3.05, 3.63) is 0 Å². The first-order valence-electron chi connectivity index (χ1n) is 6.46. The molecule has 1 unspecified atom stereocenters. The van der Waals surface area contributed by atoms with Crippen molar-refractivity contribution in [1.29, 1.82) is 0 Å². The zero-order chi connectivity index (χ0) is 12.2. The minimum Gasteiger partial charge on any atom is -0.355 e. The van der Waals surface area contributed by atoms with E-state index in [1.54, 1.807) is 0 Å². The highest BCUT2D eigenvalue weighted by atomic mass is 35.5. The largest absolute Gasteiger partial charge is 0.355 e. The summed E-state index contributed by atoms with van der Waals surface area (Å²) in [5.74, 6) is 0.815. The standard InChI is InChI=1S/C13H26N2O.ClH/c1-10(2)8-13(5-4-6-13)9-15-12(16)7-11(3)14;/h10-11H,4-9,14H2,1-3H3,(H,15,16);1H. The molecule has 1 atom stereocenters. The molecule has 0 aliphatic heterocycles. The zero-order valence-electron chi connectivity index (χ0n) is 11.3. The minimum atomic E-state index is -0.0394. The maximum absolute atomic E-state index is 11.5. The van der Waals surface area contributed by atoms with Gasteiger partial charge in [0.15, 0.2) is 0 Å². The normalized spacial score (nSPS) is 19.1. The molecular formula is C13H27ClN2O. The molecule has 4 heteroatoms. The number of hydrogen-bond donors (Lipinski definition) is 2. The van der Waals surface area contributed by atoms with E-state index in [1.165, 1.54) is 25.7 Å². The second kappa shape index (κ2) is 7.22. The van der Waals surface area contributed by atoms with Gasteiger partial charge in [-0.05, 0) is 37.5 Å². The van der Waals surface area contributed by atoms with Crippen molar-refractivity contribution in [3.8, 4) is 0 Å². The maximum Gasteiger partial charge on any atom is 0.221 e. The smallest absolute Gasteiger partial charge is 0.221 e. The van der Waals surface area contributed by atoms with Gasteiger partial charge < -0.3 is 11.1 Å². The van der Waals surface area contributed by atoms with Crippen LogP contribution in [-0.2, 0) is 4.79 Å². The van der Waals surface area contributed by atoms with Crippen molar-refractivity contribution in [2.24, 2.45) is 17.1 Å². The van der Waals surface area contributed by atoms with E-state index in [2.05, 4.69) is 19.2 Å². The fraction of sp³-hybridized carbons (Fsp3) is 0.923. The van der Waals surface area contributed by atoms with Crippen LogP contribution in [0.5, 0.6) is 0 Å². The van der Waals surface area contributed by atoms with Crippen LogP contribution in [0.2, 0.25) is 0 Å². The fourth-order valence-electron chi connectivity index (χ4n) is 2.65. The summed E-state index contributed by atoms with van der Waals surface area (Å²) in [5.41, 5.74) is 5.99. The highest BCUT2D eigenvalue weighted by molar-refractivity contribution is 5.85. The first kappa shape index (κ1) is 16.7. The van der Waals surface area contributed by atoms with Crippen molar-refractivity contribution >= 4 is 18.3 Å². The van der Waals surface area contributed by atoms with Crippen molar-refractivity contribution in [2.75, 3.05) is 6.54 Å². The average Bonchev–Trinajstić information content (AvgIpc) is 2.07. The van der Waals surface area contributed by atoms with Crippen LogP contribution in [0.4, 0.5) is 0 Å². The van der Waals surface area contributed by atoms with E-state index in [0.717, 1.165) is 6.54 Å². The molecule has 0 aromatic heterocycles. The molecule has 102 valence electrons. The van der Waals surface area contributed by atoms with Crippen LogP contribution < -0.4 is 11.1 Å². The first-order valence-corrected chi connectivity index (χ1v) is 6.46. The molecule has 0 heterocycles. The summed E-state index contributed by atoms with van der Waals surface area (Å²) < 4.78 is 0. The van der Waals surface area contributed by atoms with E-state index in [0.29, 0.717) is 17.8 Å². The summed E-state index contributed by atoms with van der Waals surface area (Å²) in [6.07, 6.45) is 5.52. The molecule has 1 amide bonds. The third-order valence-electron chi connectivity index (χ3n) is 3.42. The molecule has 0 saturated heterocycles. The molecule has 1 fully saturated rings. The summed E-state index contributed by atoms with van der Waals surface area (Å²) in [7, 11) is 0. The van der Waals surface area contributed by atoms with E-state index in [4.69, 9.17) is 5.73 Å². The van der Waals surface area contributed by atoms with Gasteiger partial charge in [-0.3, -0.25) is 4.79 Å². The van der Waals surface area contributed by atoms with E-state index >= 15 is 0 Å². The van der Waals surface area contributed by atoms with Gasteiger partial charge in [0, 0.05) is 19.0 Å². The molecule has 0 aromatic carbocycles. The van der Waals surface area contributed by atoms with Gasteiger partial charge in [-0.15, -0.1) is 12.4 Å². The molecule has 1 aliphatic rings. The van der Waals surface area contributed by atoms with Crippen LogP contribution in [0.3, 0.4) is 0 Å². The van der Waals surface area contributed by atoms with Gasteiger partial charge in [0.1, 0.15) is 0 Å². The Kier molecular flexibility index (Phi) is 7.10. The molecule has 3 nitrogen and oxygen atoms in total. The summed E-state index contributed by atoms with van der Waals surface area (Å²) in [6.45, 7) is 7.22. The number of rotatable bonds is 6. The van der Waals surface area contributed by atoms with Gasteiger partial charge in [-0.25, -0.2) is 0 Å². The summed E-state index contributed by atoms with van der Waals surface area (Å²) in [4.78, 5) is 11.5. The Labute approximate surface area is 111 Å². The third kappa shape index (κ3) is 5.73. The molecule has 0 aromatic rings. The highest BCUT2D eigenvalue weighted by Gasteiger charge is 2.37. The highest BCUT2D eigenvalue weighted by Crippen LogP contribution is 2.45. The maximum atomic E-state index is 11.5. The molecule has 3 N–H and O–H groups in total. The van der Waals surface area contributed by atoms with Crippen LogP contribution >= 0.6 is 12.4 Å². The monoisotopic (exact) mass is 262 g/mol. The Balaban J connectivity index is 0.00000256. The Bertz CT molecular complexity index is 238. The van der Waals surface area contributed by atoms with E-state index < -0.39 is 0 Å². The number of nitrogens with one attached hydrogen (secondary N) is 1. The van der Waals surface area contributed by atoms with Crippen LogP contribution in [0.15, 0.2) is 0 Å². The third-order valence-corrected chi connectivity index (χ3v) is 3.42. The predicted octanol–water partition coefficient (Wildman–Crippen LogP) is 2.48. The molecule has 1 aliphatic carbocycles. The molecule has 1 rings (SSSR count). The van der Waals surface area contributed by atoms with E-state index in [1.807, 2.05) is 6.92 Å². The van der Waals surface area contributed by atoms with Gasteiger partial charge in [0.25, 0.3) is 0 Å². The van der Waals surface area contributed by atoms with Crippen LogP contribution in [0.25, 0.3) is 0 Å². The van der Waals surface area contributed by atoms with Gasteiger partial charge in [0.05, 0.1) is 0 Å². The topological polar surface area (TPSA) is 55.1 Å². The number of amides is 1. The summed E-state index contributed by atoms with van der Waals surface area (Å²) in [5, 5.41) is 3.04. The first-order chi connectivity index (χ1) is 7.43. The van der Waals surface area contributed by atoms with Crippen molar-refractivity contribution in [1.82, 2.24) is 5.32 Å². The molecule has 0 radical (unpaired) electrons. The second-order valence-electron chi connectivity index (χ2n) is 5.91. The fourth-order valence-corrected chi connectivity index (χ4v) is 2.65. The lowest BCUT2D eigenvalue weighted by Gasteiger charge is -2.43. The lowest BCUT2D eigenvalue weighted by Crippen LogP contribution is -2.43. The molecule has 0 bridgehead atoms. The van der Waals surface area contributed by atoms with Crippen molar-refractivity contribution < 1.29 is 4.79 Å². The van der Waals surface area contributed by atoms with E-state index in [9.17, 15) is 4.79 Å². The van der Waals surface area contributed by atoms with Crippen LogP contribution in [0.1, 0.15) is 52.9 Å². The number of carbonyl (C=O) groups is 1. The second-order valence-corrected chi connectivity index (χ2v) is 5.91. The zero-order valence-corrected chi connectivity index (χ0v) is 12.1. The average molecular weight is 263 g/mol. The van der Waals surface area contributed by atoms with E-state index in [-0.39, 0.29) is 24.4 Å². The van der Waals surface area contributed by atoms with Gasteiger partial charge in [-0.1, -0.05) is 20.3 Å². The van der Waals surface area contributed by atoms with Gasteiger partial charge in [0.2, 0.25) is 5.91 Å². The summed E-state index contributed by atoms with van der Waals surface area (Å²) in [6, 6.07) is -0.0394. The molecule has 0 spiro atoms. The SMILES string of the molecule is CC(C)CC1(CNC(=O)CC(C)N)CCC1.Cl. The lowest BCUT2D eigenvalue weighted by atomic mass is 9.64. The number of hydrogen-bond acceptors (Lipinski definition) is 2. The van der Waals surface area contributed by atoms with Gasteiger partial charge in [-0.2, -0.15) is 0 Å². The number of nitrogens with two attached hydrogens (primary N) is 1. The lowest BCUT2D eigenvalue weighted by molar-refractivity contribution is -0.122. The Morgan fingerprint density at radius 1 is 1.35 bits per heavy atom. The number of halogens is 1. The van der Waals surface area contributed by atoms with Crippen molar-refractivity contribution in [3.63, 3.8) is 0 Å². The Hall–Kier alpha value is -0.280. The Morgan fingerprint density at radius 2 is 1.94 bits per heavy atom. The van der Waals surface area contributed by atoms with Crippen LogP contribution in [0, 0.1) is 11.3 Å². The van der Waals surface area contributed by atoms with Crippen LogP contribution in [-0.4, -0.2) is 18.5 Å². The molecule has 17 heavy (non-hydrogen) atoms. The number of carbonyl (C=O) groups excluding carboxylic acids is 1. The van der Waals surface area contributed by atoms with Gasteiger partial charge >= 0.3 is 0 Å².